The van der Waals surface area contributed by atoms with Crippen molar-refractivity contribution >= 4 is 18.8 Å². The first-order chi connectivity index (χ1) is 11.0. The first kappa shape index (κ1) is 32.5. The molecule has 0 aromatic rings. The molecule has 0 aromatic carbocycles. The molecule has 144 valence electrons. The van der Waals surface area contributed by atoms with Gasteiger partial charge in [0.05, 0.1) is 5.92 Å². The Labute approximate surface area is 188 Å². The number of likely N-dealkylation sites (tertiary alicyclic amines) is 1. The third-order valence-electron chi connectivity index (χ3n) is 2.27. The van der Waals surface area contributed by atoms with Gasteiger partial charge in [-0.05, 0) is 12.3 Å². The van der Waals surface area contributed by atoms with E-state index in [9.17, 15) is 18.0 Å². The number of carboxylic acid groups (broad SMARTS) is 1. The largest absolute Gasteiger partial charge is 1.00 e. The summed E-state index contributed by atoms with van der Waals surface area (Å²) in [6.07, 6.45) is -3.94. The molecule has 7 nitrogen and oxygen atoms in total. The summed E-state index contributed by atoms with van der Waals surface area (Å²) < 4.78 is 41.2. The van der Waals surface area contributed by atoms with Gasteiger partial charge in [-0.1, -0.05) is 20.8 Å². The molecule has 2 amide bonds. The van der Waals surface area contributed by atoms with E-state index in [2.05, 4.69) is 31.2 Å². The molecule has 1 aliphatic rings. The Balaban J connectivity index is -0.000000168. The van der Waals surface area contributed by atoms with Gasteiger partial charge in [0.1, 0.15) is 6.61 Å². The van der Waals surface area contributed by atoms with Crippen LogP contribution in [0.15, 0.2) is 0 Å². The SMILES string of the molecule is CC(C)C.COCC(=O)N1CCC(C(F)(F)F)C1.NC=O.O=C[O-].[K+]. The fourth-order valence-electron chi connectivity index (χ4n) is 1.47. The van der Waals surface area contributed by atoms with Gasteiger partial charge < -0.3 is 25.3 Å². The second-order valence-electron chi connectivity index (χ2n) is 5.26. The molecule has 0 aliphatic carbocycles. The topological polar surface area (TPSA) is 113 Å². The number of hydrogen-bond donors (Lipinski definition) is 1. The molecule has 1 aliphatic heterocycles. The standard InChI is InChI=1S/C8H12F3NO2.C4H10.CH3NO.CH2O2.K/c1-14-5-7(13)12-3-2-6(4-12)8(9,10)11;1-4(2)3;2*2-1-3;/h6H,2-5H2,1H3;4H,1-3H3;1H,(H2,2,3);1H,(H,2,3);/q;;;;+1/p-1. The van der Waals surface area contributed by atoms with E-state index in [1.807, 2.05) is 0 Å². The summed E-state index contributed by atoms with van der Waals surface area (Å²) in [5.74, 6) is -0.914. The molecule has 25 heavy (non-hydrogen) atoms. The van der Waals surface area contributed by atoms with Gasteiger partial charge in [-0.3, -0.25) is 9.59 Å². The van der Waals surface area contributed by atoms with Crippen LogP contribution in [0.5, 0.6) is 0 Å². The molecule has 1 unspecified atom stereocenters. The number of carbonyl (C=O) groups excluding carboxylic acids is 3. The number of primary amides is 1. The minimum atomic E-state index is -4.19. The normalized spacial score (nSPS) is 15.2. The van der Waals surface area contributed by atoms with Crippen LogP contribution >= 0.6 is 0 Å². The molecular weight excluding hydrogens is 372 g/mol. The van der Waals surface area contributed by atoms with E-state index in [0.717, 1.165) is 5.92 Å². The maximum atomic E-state index is 12.2. The van der Waals surface area contributed by atoms with Crippen LogP contribution in [0, 0.1) is 11.8 Å². The number of amides is 2. The van der Waals surface area contributed by atoms with E-state index in [4.69, 9.17) is 14.7 Å². The summed E-state index contributed by atoms with van der Waals surface area (Å²) in [7, 11) is 1.34. The maximum Gasteiger partial charge on any atom is 1.00 e. The first-order valence-corrected chi connectivity index (χ1v) is 7.06. The molecule has 11 heteroatoms. The van der Waals surface area contributed by atoms with Gasteiger partial charge in [0, 0.05) is 26.7 Å². The van der Waals surface area contributed by atoms with Gasteiger partial charge in [-0.2, -0.15) is 13.2 Å². The van der Waals surface area contributed by atoms with Crippen LogP contribution < -0.4 is 62.2 Å². The molecule has 1 heterocycles. The molecule has 1 fully saturated rings. The first-order valence-electron chi connectivity index (χ1n) is 7.06. The van der Waals surface area contributed by atoms with Crippen molar-refractivity contribution in [1.29, 1.82) is 0 Å². The van der Waals surface area contributed by atoms with Gasteiger partial charge in [0.25, 0.3) is 0 Å². The van der Waals surface area contributed by atoms with Gasteiger partial charge in [-0.25, -0.2) is 0 Å². The molecule has 1 rings (SSSR count). The van der Waals surface area contributed by atoms with E-state index in [-0.39, 0.29) is 89.8 Å². The molecule has 1 saturated heterocycles. The molecule has 0 aromatic heterocycles. The number of hydrogen-bond acceptors (Lipinski definition) is 5. The summed E-state index contributed by atoms with van der Waals surface area (Å²) in [4.78, 5) is 29.2. The third-order valence-corrected chi connectivity index (χ3v) is 2.27. The predicted octanol–water partition coefficient (Wildman–Crippen LogP) is -2.82. The summed E-state index contributed by atoms with van der Waals surface area (Å²) in [5, 5.41) is 8.25. The van der Waals surface area contributed by atoms with Crippen LogP contribution in [0.1, 0.15) is 27.2 Å². The smallest absolute Gasteiger partial charge is 0.554 e. The van der Waals surface area contributed by atoms with E-state index >= 15 is 0 Å². The van der Waals surface area contributed by atoms with Crippen molar-refractivity contribution in [3.63, 3.8) is 0 Å². The van der Waals surface area contributed by atoms with Crippen LogP contribution in [-0.2, 0) is 19.1 Å². The van der Waals surface area contributed by atoms with E-state index in [1.54, 1.807) is 0 Å². The Morgan fingerprint density at radius 2 is 1.72 bits per heavy atom. The Hall–Kier alpha value is -0.204. The van der Waals surface area contributed by atoms with E-state index < -0.39 is 18.6 Å². The van der Waals surface area contributed by atoms with Gasteiger partial charge in [0.15, 0.2) is 0 Å². The van der Waals surface area contributed by atoms with E-state index in [0.29, 0.717) is 0 Å². The fourth-order valence-corrected chi connectivity index (χ4v) is 1.47. The van der Waals surface area contributed by atoms with Crippen molar-refractivity contribution in [3.05, 3.63) is 0 Å². The fraction of sp³-hybridized carbons (Fsp3) is 0.786. The van der Waals surface area contributed by atoms with Crippen LogP contribution in [0.3, 0.4) is 0 Å². The Morgan fingerprint density at radius 1 is 1.36 bits per heavy atom. The number of carbonyl (C=O) groups is 3. The number of alkyl halides is 3. The molecule has 2 N–H and O–H groups in total. The molecule has 0 bridgehead atoms. The van der Waals surface area contributed by atoms with Crippen molar-refractivity contribution in [2.75, 3.05) is 26.8 Å². The number of nitrogens with two attached hydrogens (primary N) is 1. The van der Waals surface area contributed by atoms with Crippen molar-refractivity contribution < 1.29 is 88.8 Å². The summed E-state index contributed by atoms with van der Waals surface area (Å²) in [6, 6.07) is 0. The second kappa shape index (κ2) is 20.1. The Morgan fingerprint density at radius 3 is 1.96 bits per heavy atom. The maximum absolute atomic E-state index is 12.2. The molecule has 1 atom stereocenters. The van der Waals surface area contributed by atoms with Crippen molar-refractivity contribution in [2.45, 2.75) is 33.4 Å². The number of nitrogens with zero attached hydrogens (tertiary/aromatic N) is 1. The van der Waals surface area contributed by atoms with Gasteiger partial charge in [0.2, 0.25) is 12.3 Å². The third kappa shape index (κ3) is 23.8. The average Bonchev–Trinajstić information content (AvgIpc) is 2.89. The number of ether oxygens (including phenoxy) is 1. The number of rotatable bonds is 2. The van der Waals surface area contributed by atoms with Crippen LogP contribution in [0.4, 0.5) is 13.2 Å². The van der Waals surface area contributed by atoms with Crippen LogP contribution in [-0.4, -0.2) is 56.7 Å². The van der Waals surface area contributed by atoms with Crippen molar-refractivity contribution in [3.8, 4) is 0 Å². The van der Waals surface area contributed by atoms with Gasteiger partial charge >= 0.3 is 57.6 Å². The van der Waals surface area contributed by atoms with Crippen molar-refractivity contribution in [2.24, 2.45) is 17.6 Å². The Kier molecular flexibility index (Phi) is 26.1. The van der Waals surface area contributed by atoms with Crippen molar-refractivity contribution in [1.82, 2.24) is 4.90 Å². The molecule has 0 spiro atoms. The summed E-state index contributed by atoms with van der Waals surface area (Å²) in [5.41, 5.74) is 4.17. The van der Waals surface area contributed by atoms with Crippen LogP contribution in [0.25, 0.3) is 0 Å². The second-order valence-corrected chi connectivity index (χ2v) is 5.26. The molecular formula is C14H26F3KN2O5. The summed E-state index contributed by atoms with van der Waals surface area (Å²) in [6.45, 7) is 5.79. The number of halogens is 3. The van der Waals surface area contributed by atoms with E-state index in [1.165, 1.54) is 12.0 Å². The predicted molar refractivity (Wildman–Crippen MR) is 79.4 cm³/mol. The van der Waals surface area contributed by atoms with Crippen LogP contribution in [0.2, 0.25) is 0 Å². The Bertz CT molecular complexity index is 336. The average molecular weight is 398 g/mol. The quantitative estimate of drug-likeness (QED) is 0.398. The minimum absolute atomic E-state index is 0. The monoisotopic (exact) mass is 398 g/mol. The zero-order valence-corrected chi connectivity index (χ0v) is 18.5. The summed E-state index contributed by atoms with van der Waals surface area (Å²) >= 11 is 0. The zero-order chi connectivity index (χ0) is 19.8. The molecule has 0 saturated carbocycles. The molecule has 0 radical (unpaired) electrons. The number of methoxy groups -OCH3 is 1. The zero-order valence-electron chi connectivity index (χ0n) is 15.3. The minimum Gasteiger partial charge on any atom is -0.554 e. The van der Waals surface area contributed by atoms with Gasteiger partial charge in [-0.15, -0.1) is 0 Å².